The standard InChI is InChI=1S/C13H16N2O2S/c1-18-13(9-15(16)17)14-12-8-4-6-10-5-2-3-7-11(10)12/h2-3,5,7,9,12,14H,4,6,8H2,1H3/b13-9-. The van der Waals surface area contributed by atoms with Crippen molar-refractivity contribution >= 4 is 11.8 Å². The molecule has 0 saturated heterocycles. The van der Waals surface area contributed by atoms with Crippen molar-refractivity contribution in [1.82, 2.24) is 5.32 Å². The van der Waals surface area contributed by atoms with Gasteiger partial charge in [-0.2, -0.15) is 0 Å². The molecule has 1 unspecified atom stereocenters. The molecule has 4 nitrogen and oxygen atoms in total. The van der Waals surface area contributed by atoms with E-state index in [0.717, 1.165) is 25.5 Å². The molecule has 18 heavy (non-hydrogen) atoms. The molecule has 0 radical (unpaired) electrons. The largest absolute Gasteiger partial charge is 0.368 e. The van der Waals surface area contributed by atoms with Gasteiger partial charge in [0.15, 0.2) is 0 Å². The summed E-state index contributed by atoms with van der Waals surface area (Å²) in [6.07, 6.45) is 6.13. The quantitative estimate of drug-likeness (QED) is 0.670. The van der Waals surface area contributed by atoms with E-state index >= 15 is 0 Å². The van der Waals surface area contributed by atoms with Crippen LogP contribution in [0, 0.1) is 10.1 Å². The number of hydrogen-bond donors (Lipinski definition) is 1. The van der Waals surface area contributed by atoms with E-state index in [1.165, 1.54) is 22.9 Å². The fourth-order valence-corrected chi connectivity index (χ4v) is 2.77. The van der Waals surface area contributed by atoms with Crippen LogP contribution in [0.15, 0.2) is 35.5 Å². The Morgan fingerprint density at radius 1 is 1.56 bits per heavy atom. The van der Waals surface area contributed by atoms with Crippen LogP contribution in [0.3, 0.4) is 0 Å². The molecule has 0 spiro atoms. The normalized spacial score (nSPS) is 19.2. The average Bonchev–Trinajstić information content (AvgIpc) is 2.38. The van der Waals surface area contributed by atoms with Gasteiger partial charge in [0.1, 0.15) is 5.03 Å². The monoisotopic (exact) mass is 264 g/mol. The second-order valence-corrected chi connectivity index (χ2v) is 5.12. The van der Waals surface area contributed by atoms with Crippen molar-refractivity contribution in [3.05, 3.63) is 56.7 Å². The molecule has 1 atom stereocenters. The van der Waals surface area contributed by atoms with Gasteiger partial charge in [0.25, 0.3) is 6.20 Å². The Kier molecular flexibility index (Phi) is 4.25. The predicted molar refractivity (Wildman–Crippen MR) is 73.8 cm³/mol. The summed E-state index contributed by atoms with van der Waals surface area (Å²) >= 11 is 1.37. The van der Waals surface area contributed by atoms with Crippen molar-refractivity contribution in [3.63, 3.8) is 0 Å². The van der Waals surface area contributed by atoms with Gasteiger partial charge in [0, 0.05) is 0 Å². The molecular weight excluding hydrogens is 248 g/mol. The molecule has 0 amide bonds. The Hall–Kier alpha value is -1.49. The average molecular weight is 264 g/mol. The van der Waals surface area contributed by atoms with Crippen LogP contribution in [0.5, 0.6) is 0 Å². The highest BCUT2D eigenvalue weighted by Crippen LogP contribution is 2.31. The zero-order valence-electron chi connectivity index (χ0n) is 10.3. The van der Waals surface area contributed by atoms with E-state index in [2.05, 4.69) is 17.4 Å². The van der Waals surface area contributed by atoms with E-state index in [9.17, 15) is 10.1 Å². The molecular formula is C13H16N2O2S. The number of thioether (sulfide) groups is 1. The van der Waals surface area contributed by atoms with Crippen LogP contribution >= 0.6 is 11.8 Å². The molecule has 0 fully saturated rings. The smallest absolute Gasteiger partial charge is 0.263 e. The Morgan fingerprint density at radius 2 is 2.33 bits per heavy atom. The molecule has 0 heterocycles. The molecule has 0 aliphatic heterocycles. The van der Waals surface area contributed by atoms with Gasteiger partial charge >= 0.3 is 0 Å². The molecule has 1 aromatic carbocycles. The number of fused-ring (bicyclic) bond motifs is 1. The second kappa shape index (κ2) is 5.91. The lowest BCUT2D eigenvalue weighted by Gasteiger charge is -2.27. The molecule has 96 valence electrons. The number of nitro groups is 1. The van der Waals surface area contributed by atoms with Crippen LogP contribution < -0.4 is 5.32 Å². The Labute approximate surface area is 111 Å². The molecule has 0 saturated carbocycles. The van der Waals surface area contributed by atoms with Gasteiger partial charge in [0.05, 0.1) is 11.0 Å². The predicted octanol–water partition coefficient (Wildman–Crippen LogP) is 3.09. The number of hydrogen-bond acceptors (Lipinski definition) is 4. The van der Waals surface area contributed by atoms with E-state index in [4.69, 9.17) is 0 Å². The van der Waals surface area contributed by atoms with Crippen molar-refractivity contribution in [2.45, 2.75) is 25.3 Å². The fraction of sp³-hybridized carbons (Fsp3) is 0.385. The van der Waals surface area contributed by atoms with Crippen molar-refractivity contribution in [2.75, 3.05) is 6.26 Å². The Bertz CT molecular complexity index is 474. The summed E-state index contributed by atoms with van der Waals surface area (Å²) < 4.78 is 0. The van der Waals surface area contributed by atoms with Crippen LogP contribution in [0.2, 0.25) is 0 Å². The molecule has 0 bridgehead atoms. The van der Waals surface area contributed by atoms with E-state index in [0.29, 0.717) is 5.03 Å². The maximum atomic E-state index is 10.5. The minimum Gasteiger partial charge on any atom is -0.368 e. The van der Waals surface area contributed by atoms with Gasteiger partial charge in [-0.25, -0.2) is 0 Å². The van der Waals surface area contributed by atoms with Gasteiger partial charge < -0.3 is 5.32 Å². The number of nitrogens with zero attached hydrogens (tertiary/aromatic N) is 1. The van der Waals surface area contributed by atoms with E-state index < -0.39 is 4.92 Å². The van der Waals surface area contributed by atoms with Gasteiger partial charge in [-0.15, -0.1) is 11.8 Å². The highest BCUT2D eigenvalue weighted by Gasteiger charge is 2.20. The van der Waals surface area contributed by atoms with Crippen LogP contribution in [-0.4, -0.2) is 11.2 Å². The second-order valence-electron chi connectivity index (χ2n) is 4.27. The van der Waals surface area contributed by atoms with Crippen molar-refractivity contribution in [2.24, 2.45) is 0 Å². The maximum Gasteiger partial charge on any atom is 0.263 e. The summed E-state index contributed by atoms with van der Waals surface area (Å²) in [4.78, 5) is 10.1. The third-order valence-corrected chi connectivity index (χ3v) is 3.79. The van der Waals surface area contributed by atoms with E-state index in [1.54, 1.807) is 0 Å². The van der Waals surface area contributed by atoms with E-state index in [1.807, 2.05) is 18.4 Å². The number of rotatable bonds is 4. The lowest BCUT2D eigenvalue weighted by atomic mass is 9.88. The summed E-state index contributed by atoms with van der Waals surface area (Å²) in [7, 11) is 0. The number of aryl methyl sites for hydroxylation is 1. The molecule has 1 aromatic rings. The lowest BCUT2D eigenvalue weighted by molar-refractivity contribution is -0.403. The van der Waals surface area contributed by atoms with Crippen LogP contribution in [0.4, 0.5) is 0 Å². The van der Waals surface area contributed by atoms with Gasteiger partial charge in [-0.1, -0.05) is 24.3 Å². The zero-order valence-corrected chi connectivity index (χ0v) is 11.1. The Morgan fingerprint density at radius 3 is 3.06 bits per heavy atom. The third kappa shape index (κ3) is 3.04. The minimum absolute atomic E-state index is 0.189. The number of benzene rings is 1. The third-order valence-electron chi connectivity index (χ3n) is 3.13. The topological polar surface area (TPSA) is 55.2 Å². The highest BCUT2D eigenvalue weighted by molar-refractivity contribution is 8.02. The summed E-state index contributed by atoms with van der Waals surface area (Å²) in [6, 6.07) is 8.50. The van der Waals surface area contributed by atoms with Gasteiger partial charge in [-0.3, -0.25) is 10.1 Å². The first-order chi connectivity index (χ1) is 8.70. The molecule has 2 rings (SSSR count). The van der Waals surface area contributed by atoms with E-state index in [-0.39, 0.29) is 6.04 Å². The summed E-state index contributed by atoms with van der Waals surface area (Å²) in [6.45, 7) is 0. The summed E-state index contributed by atoms with van der Waals surface area (Å²) in [5, 5.41) is 14.4. The first kappa shape index (κ1) is 13.0. The molecule has 0 aromatic heterocycles. The SMILES string of the molecule is CS/C(=C\[N+](=O)[O-])NC1CCCc2ccccc21. The van der Waals surface area contributed by atoms with Crippen LogP contribution in [-0.2, 0) is 6.42 Å². The summed E-state index contributed by atoms with van der Waals surface area (Å²) in [5.41, 5.74) is 2.62. The molecule has 1 aliphatic carbocycles. The molecule has 1 N–H and O–H groups in total. The van der Waals surface area contributed by atoms with Crippen LogP contribution in [0.1, 0.15) is 30.0 Å². The van der Waals surface area contributed by atoms with Crippen molar-refractivity contribution in [3.8, 4) is 0 Å². The fourth-order valence-electron chi connectivity index (χ4n) is 2.32. The Balaban J connectivity index is 2.18. The minimum atomic E-state index is -0.409. The van der Waals surface area contributed by atoms with Crippen molar-refractivity contribution < 1.29 is 4.92 Å². The first-order valence-electron chi connectivity index (χ1n) is 5.94. The lowest BCUT2D eigenvalue weighted by Crippen LogP contribution is -2.24. The van der Waals surface area contributed by atoms with Gasteiger partial charge in [-0.05, 0) is 36.6 Å². The first-order valence-corrected chi connectivity index (χ1v) is 7.17. The highest BCUT2D eigenvalue weighted by atomic mass is 32.2. The van der Waals surface area contributed by atoms with Crippen molar-refractivity contribution in [1.29, 1.82) is 0 Å². The molecule has 5 heteroatoms. The summed E-state index contributed by atoms with van der Waals surface area (Å²) in [5.74, 6) is 0. The van der Waals surface area contributed by atoms with Crippen LogP contribution in [0.25, 0.3) is 0 Å². The molecule has 1 aliphatic rings. The van der Waals surface area contributed by atoms with Gasteiger partial charge in [0.2, 0.25) is 0 Å². The zero-order chi connectivity index (χ0) is 13.0. The maximum absolute atomic E-state index is 10.5. The number of nitrogens with one attached hydrogen (secondary N) is 1.